The highest BCUT2D eigenvalue weighted by atomic mass is 35.5. The quantitative estimate of drug-likeness (QED) is 0.903. The summed E-state index contributed by atoms with van der Waals surface area (Å²) in [6, 6.07) is 12.3. The number of nitriles is 1. The molecule has 0 atom stereocenters. The molecular weight excluding hydrogens is 276 g/mol. The average molecular weight is 289 g/mol. The molecule has 102 valence electrons. The molecule has 0 unspecified atom stereocenters. The van der Waals surface area contributed by atoms with Gasteiger partial charge in [0.1, 0.15) is 0 Å². The van der Waals surface area contributed by atoms with E-state index in [9.17, 15) is 5.11 Å². The van der Waals surface area contributed by atoms with Crippen LogP contribution in [0.3, 0.4) is 0 Å². The number of anilines is 1. The van der Waals surface area contributed by atoms with E-state index in [1.54, 1.807) is 30.3 Å². The largest absolute Gasteiger partial charge is 0.504 e. The SMILES string of the molecule is COc1ccc(CNc2ccc(C#N)cc2Cl)cc1O. The Labute approximate surface area is 122 Å². The van der Waals surface area contributed by atoms with Crippen LogP contribution in [0, 0.1) is 11.3 Å². The number of methoxy groups -OCH3 is 1. The molecule has 0 aliphatic carbocycles. The summed E-state index contributed by atoms with van der Waals surface area (Å²) in [5.74, 6) is 0.530. The van der Waals surface area contributed by atoms with Gasteiger partial charge in [-0.1, -0.05) is 17.7 Å². The predicted octanol–water partition coefficient (Wildman–Crippen LogP) is 3.54. The first-order chi connectivity index (χ1) is 9.63. The van der Waals surface area contributed by atoms with E-state index in [2.05, 4.69) is 5.32 Å². The van der Waals surface area contributed by atoms with Gasteiger partial charge < -0.3 is 15.2 Å². The van der Waals surface area contributed by atoms with Crippen LogP contribution in [0.2, 0.25) is 5.02 Å². The van der Waals surface area contributed by atoms with Gasteiger partial charge in [0.2, 0.25) is 0 Å². The zero-order chi connectivity index (χ0) is 14.5. The summed E-state index contributed by atoms with van der Waals surface area (Å²) >= 11 is 6.07. The summed E-state index contributed by atoms with van der Waals surface area (Å²) in [5.41, 5.74) is 2.15. The Morgan fingerprint density at radius 2 is 2.10 bits per heavy atom. The second kappa shape index (κ2) is 6.18. The molecule has 0 heterocycles. The van der Waals surface area contributed by atoms with E-state index >= 15 is 0 Å². The van der Waals surface area contributed by atoms with E-state index in [0.717, 1.165) is 11.3 Å². The van der Waals surface area contributed by atoms with Crippen molar-refractivity contribution >= 4 is 17.3 Å². The second-order valence-electron chi connectivity index (χ2n) is 4.17. The average Bonchev–Trinajstić information content (AvgIpc) is 2.46. The normalized spacial score (nSPS) is 9.85. The fourth-order valence-electron chi connectivity index (χ4n) is 1.77. The molecule has 5 heteroatoms. The molecule has 2 rings (SSSR count). The van der Waals surface area contributed by atoms with Crippen LogP contribution in [0.1, 0.15) is 11.1 Å². The van der Waals surface area contributed by atoms with Crippen LogP contribution in [-0.2, 0) is 6.54 Å². The van der Waals surface area contributed by atoms with Crippen molar-refractivity contribution in [2.45, 2.75) is 6.54 Å². The molecule has 2 N–H and O–H groups in total. The Bertz CT molecular complexity index is 665. The second-order valence-corrected chi connectivity index (χ2v) is 4.57. The van der Waals surface area contributed by atoms with Crippen LogP contribution in [0.25, 0.3) is 0 Å². The van der Waals surface area contributed by atoms with Gasteiger partial charge in [0.15, 0.2) is 11.5 Å². The maximum Gasteiger partial charge on any atom is 0.160 e. The number of phenols is 1. The highest BCUT2D eigenvalue weighted by molar-refractivity contribution is 6.33. The van der Waals surface area contributed by atoms with Gasteiger partial charge in [-0.15, -0.1) is 0 Å². The van der Waals surface area contributed by atoms with E-state index in [1.807, 2.05) is 12.1 Å². The maximum absolute atomic E-state index is 9.70. The van der Waals surface area contributed by atoms with Crippen molar-refractivity contribution < 1.29 is 9.84 Å². The molecule has 0 radical (unpaired) electrons. The van der Waals surface area contributed by atoms with Gasteiger partial charge in [0.25, 0.3) is 0 Å². The Balaban J connectivity index is 2.09. The molecule has 2 aromatic carbocycles. The molecule has 0 saturated carbocycles. The van der Waals surface area contributed by atoms with Crippen LogP contribution in [0.15, 0.2) is 36.4 Å². The van der Waals surface area contributed by atoms with Crippen LogP contribution in [-0.4, -0.2) is 12.2 Å². The molecule has 2 aromatic rings. The number of nitrogens with one attached hydrogen (secondary N) is 1. The molecule has 0 aromatic heterocycles. The zero-order valence-corrected chi connectivity index (χ0v) is 11.6. The Morgan fingerprint density at radius 1 is 1.30 bits per heavy atom. The van der Waals surface area contributed by atoms with Gasteiger partial charge in [-0.2, -0.15) is 5.26 Å². The summed E-state index contributed by atoms with van der Waals surface area (Å²) in [4.78, 5) is 0. The number of rotatable bonds is 4. The van der Waals surface area contributed by atoms with Crippen LogP contribution < -0.4 is 10.1 Å². The fourth-order valence-corrected chi connectivity index (χ4v) is 2.02. The molecular formula is C15H13ClN2O2. The van der Waals surface area contributed by atoms with Gasteiger partial charge in [0.05, 0.1) is 29.5 Å². The first kappa shape index (κ1) is 14.0. The van der Waals surface area contributed by atoms with E-state index in [4.69, 9.17) is 21.6 Å². The Kier molecular flexibility index (Phi) is 4.34. The number of hydrogen-bond donors (Lipinski definition) is 2. The molecule has 0 aliphatic heterocycles. The summed E-state index contributed by atoms with van der Waals surface area (Å²) in [6.07, 6.45) is 0. The van der Waals surface area contributed by atoms with E-state index < -0.39 is 0 Å². The lowest BCUT2D eigenvalue weighted by atomic mass is 10.2. The molecule has 0 aliphatic rings. The van der Waals surface area contributed by atoms with E-state index in [0.29, 0.717) is 22.9 Å². The van der Waals surface area contributed by atoms with Crippen molar-refractivity contribution in [3.8, 4) is 17.6 Å². The standard InChI is InChI=1S/C15H13ClN2O2/c1-20-15-5-3-11(7-14(15)19)9-18-13-4-2-10(8-17)6-12(13)16/h2-7,18-19H,9H2,1H3. The molecule has 0 bridgehead atoms. The van der Waals surface area contributed by atoms with Crippen molar-refractivity contribution in [2.24, 2.45) is 0 Å². The number of benzene rings is 2. The fraction of sp³-hybridized carbons (Fsp3) is 0.133. The highest BCUT2D eigenvalue weighted by Crippen LogP contribution is 2.27. The van der Waals surface area contributed by atoms with Crippen molar-refractivity contribution in [3.05, 3.63) is 52.5 Å². The Hall–Kier alpha value is -2.38. The first-order valence-corrected chi connectivity index (χ1v) is 6.31. The van der Waals surface area contributed by atoms with E-state index in [-0.39, 0.29) is 5.75 Å². The number of halogens is 1. The van der Waals surface area contributed by atoms with E-state index in [1.165, 1.54) is 7.11 Å². The molecule has 0 amide bonds. The minimum Gasteiger partial charge on any atom is -0.504 e. The van der Waals surface area contributed by atoms with Crippen molar-refractivity contribution in [2.75, 3.05) is 12.4 Å². The summed E-state index contributed by atoms with van der Waals surface area (Å²) in [6.45, 7) is 0.503. The third-order valence-corrected chi connectivity index (χ3v) is 3.14. The molecule has 20 heavy (non-hydrogen) atoms. The summed E-state index contributed by atoms with van der Waals surface area (Å²) < 4.78 is 4.99. The minimum absolute atomic E-state index is 0.0951. The molecule has 0 spiro atoms. The smallest absolute Gasteiger partial charge is 0.160 e. The lowest BCUT2D eigenvalue weighted by Crippen LogP contribution is -2.00. The van der Waals surface area contributed by atoms with Gasteiger partial charge in [-0.25, -0.2) is 0 Å². The first-order valence-electron chi connectivity index (χ1n) is 5.93. The highest BCUT2D eigenvalue weighted by Gasteiger charge is 2.04. The van der Waals surface area contributed by atoms with Gasteiger partial charge >= 0.3 is 0 Å². The number of nitrogens with zero attached hydrogens (tertiary/aromatic N) is 1. The topological polar surface area (TPSA) is 65.3 Å². The van der Waals surface area contributed by atoms with Crippen LogP contribution >= 0.6 is 11.6 Å². The zero-order valence-electron chi connectivity index (χ0n) is 10.9. The Morgan fingerprint density at radius 3 is 2.70 bits per heavy atom. The van der Waals surface area contributed by atoms with Crippen molar-refractivity contribution in [1.82, 2.24) is 0 Å². The number of phenolic OH excluding ortho intramolecular Hbond substituents is 1. The molecule has 0 saturated heterocycles. The lowest BCUT2D eigenvalue weighted by molar-refractivity contribution is 0.373. The van der Waals surface area contributed by atoms with Gasteiger partial charge in [-0.05, 0) is 35.9 Å². The lowest BCUT2D eigenvalue weighted by Gasteiger charge is -2.10. The third-order valence-electron chi connectivity index (χ3n) is 2.82. The number of ether oxygens (including phenoxy) is 1. The predicted molar refractivity (Wildman–Crippen MR) is 78.2 cm³/mol. The third kappa shape index (κ3) is 3.14. The summed E-state index contributed by atoms with van der Waals surface area (Å²) in [5, 5.41) is 22.1. The van der Waals surface area contributed by atoms with Crippen molar-refractivity contribution in [1.29, 1.82) is 5.26 Å². The van der Waals surface area contributed by atoms with Crippen LogP contribution in [0.5, 0.6) is 11.5 Å². The van der Waals surface area contributed by atoms with Crippen LogP contribution in [0.4, 0.5) is 5.69 Å². The number of aromatic hydroxyl groups is 1. The van der Waals surface area contributed by atoms with Gasteiger partial charge in [0, 0.05) is 6.54 Å². The monoisotopic (exact) mass is 288 g/mol. The molecule has 4 nitrogen and oxygen atoms in total. The maximum atomic E-state index is 9.70. The summed E-state index contributed by atoms with van der Waals surface area (Å²) in [7, 11) is 1.50. The van der Waals surface area contributed by atoms with Crippen molar-refractivity contribution in [3.63, 3.8) is 0 Å². The minimum atomic E-state index is 0.0951. The van der Waals surface area contributed by atoms with Gasteiger partial charge in [-0.3, -0.25) is 0 Å². The molecule has 0 fully saturated rings. The number of hydrogen-bond acceptors (Lipinski definition) is 4.